The highest BCUT2D eigenvalue weighted by molar-refractivity contribution is 5.82. The lowest BCUT2D eigenvalue weighted by Crippen LogP contribution is -2.57. The summed E-state index contributed by atoms with van der Waals surface area (Å²) in [6.45, 7) is 7.16. The van der Waals surface area contributed by atoms with Crippen molar-refractivity contribution in [1.82, 2.24) is 10.2 Å². The van der Waals surface area contributed by atoms with E-state index in [0.29, 0.717) is 11.3 Å². The summed E-state index contributed by atoms with van der Waals surface area (Å²) in [5, 5.41) is 12.5. The van der Waals surface area contributed by atoms with E-state index in [1.807, 2.05) is 0 Å². The molecule has 0 aliphatic carbocycles. The summed E-state index contributed by atoms with van der Waals surface area (Å²) in [5.41, 5.74) is -0.193. The van der Waals surface area contributed by atoms with E-state index < -0.39 is 35.7 Å². The first-order valence-electron chi connectivity index (χ1n) is 8.81. The second-order valence-corrected chi connectivity index (χ2v) is 7.70. The number of methoxy groups -OCH3 is 1. The van der Waals surface area contributed by atoms with Gasteiger partial charge in [0.2, 0.25) is 0 Å². The Balaban J connectivity index is 1.89. The number of hydrogen-bond donors (Lipinski definition) is 2. The summed E-state index contributed by atoms with van der Waals surface area (Å²) < 4.78 is 24.8. The lowest BCUT2D eigenvalue weighted by molar-refractivity contribution is -0.131. The van der Waals surface area contributed by atoms with Gasteiger partial charge in [-0.2, -0.15) is 0 Å². The Morgan fingerprint density at radius 3 is 2.52 bits per heavy atom. The highest BCUT2D eigenvalue weighted by Gasteiger charge is 2.41. The SMILES string of the molecule is COc1ccc(O)c([C@H](C)NC(=O)[C@@H](F)C2CN(C(=O)OC(C)(C)C)C2)c1. The maximum atomic E-state index is 14.5. The Kier molecular flexibility index (Phi) is 6.18. The van der Waals surface area contributed by atoms with Gasteiger partial charge in [-0.1, -0.05) is 0 Å². The molecule has 1 heterocycles. The van der Waals surface area contributed by atoms with E-state index in [1.165, 1.54) is 18.1 Å². The quantitative estimate of drug-likeness (QED) is 0.818. The molecule has 0 radical (unpaired) electrons. The fourth-order valence-corrected chi connectivity index (χ4v) is 2.76. The minimum absolute atomic E-state index is 0.0150. The fourth-order valence-electron chi connectivity index (χ4n) is 2.76. The molecule has 2 N–H and O–H groups in total. The largest absolute Gasteiger partial charge is 0.508 e. The van der Waals surface area contributed by atoms with Gasteiger partial charge in [-0.15, -0.1) is 0 Å². The Morgan fingerprint density at radius 2 is 1.96 bits per heavy atom. The van der Waals surface area contributed by atoms with E-state index in [4.69, 9.17) is 9.47 Å². The zero-order valence-electron chi connectivity index (χ0n) is 16.3. The number of alkyl halides is 1. The normalized spacial score (nSPS) is 16.9. The molecule has 0 saturated carbocycles. The van der Waals surface area contributed by atoms with Crippen LogP contribution in [-0.4, -0.2) is 54.0 Å². The van der Waals surface area contributed by atoms with Crippen LogP contribution in [0.15, 0.2) is 18.2 Å². The molecular weight excluding hydrogens is 355 g/mol. The van der Waals surface area contributed by atoms with Gasteiger partial charge in [-0.3, -0.25) is 4.79 Å². The summed E-state index contributed by atoms with van der Waals surface area (Å²) >= 11 is 0. The zero-order valence-corrected chi connectivity index (χ0v) is 16.3. The van der Waals surface area contributed by atoms with Crippen LogP contribution in [-0.2, 0) is 9.53 Å². The number of aromatic hydroxyl groups is 1. The summed E-state index contributed by atoms with van der Waals surface area (Å²) in [5.74, 6) is -0.853. The number of benzene rings is 1. The van der Waals surface area contributed by atoms with E-state index in [-0.39, 0.29) is 18.8 Å². The number of ether oxygens (including phenoxy) is 2. The van der Waals surface area contributed by atoms with Gasteiger partial charge in [0.15, 0.2) is 6.17 Å². The Morgan fingerprint density at radius 1 is 1.33 bits per heavy atom. The molecule has 1 aliphatic heterocycles. The second kappa shape index (κ2) is 8.02. The molecule has 27 heavy (non-hydrogen) atoms. The number of phenols is 1. The van der Waals surface area contributed by atoms with Crippen molar-refractivity contribution < 1.29 is 28.6 Å². The topological polar surface area (TPSA) is 88.1 Å². The van der Waals surface area contributed by atoms with Gasteiger partial charge in [0.25, 0.3) is 5.91 Å². The van der Waals surface area contributed by atoms with Crippen molar-refractivity contribution in [3.8, 4) is 11.5 Å². The number of nitrogens with zero attached hydrogens (tertiary/aromatic N) is 1. The number of amides is 2. The van der Waals surface area contributed by atoms with Crippen LogP contribution in [0.3, 0.4) is 0 Å². The number of carbonyl (C=O) groups excluding carboxylic acids is 2. The van der Waals surface area contributed by atoms with Gasteiger partial charge in [0.05, 0.1) is 13.2 Å². The molecule has 150 valence electrons. The summed E-state index contributed by atoms with van der Waals surface area (Å²) in [6, 6.07) is 4.02. The molecule has 2 amide bonds. The van der Waals surface area contributed by atoms with E-state index >= 15 is 0 Å². The van der Waals surface area contributed by atoms with E-state index in [1.54, 1.807) is 39.8 Å². The minimum Gasteiger partial charge on any atom is -0.508 e. The third kappa shape index (κ3) is 5.24. The second-order valence-electron chi connectivity index (χ2n) is 7.70. The number of halogens is 1. The maximum Gasteiger partial charge on any atom is 0.410 e. The predicted octanol–water partition coefficient (Wildman–Crippen LogP) is 2.78. The van der Waals surface area contributed by atoms with Crippen molar-refractivity contribution >= 4 is 12.0 Å². The lowest BCUT2D eigenvalue weighted by atomic mass is 9.94. The van der Waals surface area contributed by atoms with Crippen molar-refractivity contribution in [1.29, 1.82) is 0 Å². The van der Waals surface area contributed by atoms with E-state index in [0.717, 1.165) is 0 Å². The molecule has 2 atom stereocenters. The third-order valence-electron chi connectivity index (χ3n) is 4.29. The third-order valence-corrected chi connectivity index (χ3v) is 4.29. The van der Waals surface area contributed by atoms with Crippen molar-refractivity contribution in [2.75, 3.05) is 20.2 Å². The zero-order chi connectivity index (χ0) is 20.4. The minimum atomic E-state index is -1.75. The summed E-state index contributed by atoms with van der Waals surface area (Å²) in [4.78, 5) is 25.4. The van der Waals surface area contributed by atoms with Gasteiger partial charge in [-0.05, 0) is 45.9 Å². The van der Waals surface area contributed by atoms with Crippen LogP contribution in [0.2, 0.25) is 0 Å². The first-order valence-corrected chi connectivity index (χ1v) is 8.81. The molecule has 0 bridgehead atoms. The first-order chi connectivity index (χ1) is 12.5. The molecule has 7 nitrogen and oxygen atoms in total. The molecule has 0 spiro atoms. The highest BCUT2D eigenvalue weighted by atomic mass is 19.1. The standard InChI is InChI=1S/C19H27FN2O5/c1-11(14-8-13(26-5)6-7-15(14)23)21-17(24)16(20)12-9-22(10-12)18(25)27-19(2,3)4/h6-8,11-12,16,23H,9-10H2,1-5H3,(H,21,24)/t11-,16-/m0/s1. The van der Waals surface area contributed by atoms with Gasteiger partial charge in [0.1, 0.15) is 17.1 Å². The summed E-state index contributed by atoms with van der Waals surface area (Å²) in [6.07, 6.45) is -2.26. The van der Waals surface area contributed by atoms with Crippen molar-refractivity contribution in [3.05, 3.63) is 23.8 Å². The van der Waals surface area contributed by atoms with Gasteiger partial charge in [-0.25, -0.2) is 9.18 Å². The first kappa shape index (κ1) is 20.8. The van der Waals surface area contributed by atoms with Gasteiger partial charge >= 0.3 is 6.09 Å². The molecule has 1 aliphatic rings. The molecule has 1 aromatic rings. The number of rotatable bonds is 5. The monoisotopic (exact) mass is 382 g/mol. The van der Waals surface area contributed by atoms with Crippen LogP contribution in [0.4, 0.5) is 9.18 Å². The van der Waals surface area contributed by atoms with E-state index in [2.05, 4.69) is 5.32 Å². The van der Waals surface area contributed by atoms with Gasteiger partial charge < -0.3 is 24.8 Å². The van der Waals surface area contributed by atoms with Crippen molar-refractivity contribution in [2.45, 2.75) is 45.5 Å². The van der Waals surface area contributed by atoms with Crippen LogP contribution in [0, 0.1) is 5.92 Å². The number of nitrogens with one attached hydrogen (secondary N) is 1. The van der Waals surface area contributed by atoms with Gasteiger partial charge in [0, 0.05) is 24.6 Å². The highest BCUT2D eigenvalue weighted by Crippen LogP contribution is 2.29. The number of phenolic OH excluding ortho intramolecular Hbond substituents is 1. The molecule has 1 aromatic carbocycles. The molecule has 1 saturated heterocycles. The Labute approximate surface area is 158 Å². The Hall–Kier alpha value is -2.51. The molecule has 0 unspecified atom stereocenters. The smallest absolute Gasteiger partial charge is 0.410 e. The number of hydrogen-bond acceptors (Lipinski definition) is 5. The average molecular weight is 382 g/mol. The Bertz CT molecular complexity index is 698. The van der Waals surface area contributed by atoms with Crippen LogP contribution in [0.1, 0.15) is 39.3 Å². The molecule has 1 fully saturated rings. The fraction of sp³-hybridized carbons (Fsp3) is 0.579. The average Bonchev–Trinajstić information content (AvgIpc) is 2.51. The van der Waals surface area contributed by atoms with Crippen molar-refractivity contribution in [3.63, 3.8) is 0 Å². The molecule has 0 aromatic heterocycles. The molecule has 8 heteroatoms. The van der Waals surface area contributed by atoms with Crippen LogP contribution in [0.25, 0.3) is 0 Å². The van der Waals surface area contributed by atoms with Crippen LogP contribution >= 0.6 is 0 Å². The van der Waals surface area contributed by atoms with E-state index in [9.17, 15) is 19.1 Å². The maximum absolute atomic E-state index is 14.5. The molecule has 2 rings (SSSR count). The van der Waals surface area contributed by atoms with Crippen LogP contribution in [0.5, 0.6) is 11.5 Å². The predicted molar refractivity (Wildman–Crippen MR) is 97.4 cm³/mol. The summed E-state index contributed by atoms with van der Waals surface area (Å²) in [7, 11) is 1.49. The van der Waals surface area contributed by atoms with Crippen molar-refractivity contribution in [2.24, 2.45) is 5.92 Å². The molecular formula is C19H27FN2O5. The van der Waals surface area contributed by atoms with Crippen LogP contribution < -0.4 is 10.1 Å². The number of carbonyl (C=O) groups is 2. The lowest BCUT2D eigenvalue weighted by Gasteiger charge is -2.40. The number of likely N-dealkylation sites (tertiary alicyclic amines) is 1.